The number of hydrogen-bond acceptors (Lipinski definition) is 3. The standard InChI is InChI=1S/C18H16ClN3OS/c1-12-11-24-17(21-12)13-6-4-7-15(9-13)22-18(23)20-10-14-5-2-3-8-16(14)19/h2-9,11H,10H2,1H3,(H2,20,22,23). The molecule has 0 saturated carbocycles. The van der Waals surface area contributed by atoms with E-state index in [0.717, 1.165) is 27.5 Å². The zero-order valence-electron chi connectivity index (χ0n) is 13.0. The number of anilines is 1. The molecule has 24 heavy (non-hydrogen) atoms. The maximum absolute atomic E-state index is 12.1. The number of urea groups is 1. The number of aryl methyl sites for hydroxylation is 1. The summed E-state index contributed by atoms with van der Waals surface area (Å²) in [6.45, 7) is 2.33. The molecule has 0 aliphatic rings. The zero-order chi connectivity index (χ0) is 16.9. The number of thiazole rings is 1. The van der Waals surface area contributed by atoms with Gasteiger partial charge in [0.15, 0.2) is 0 Å². The highest BCUT2D eigenvalue weighted by Gasteiger charge is 2.07. The number of carbonyl (C=O) groups is 1. The number of benzene rings is 2. The van der Waals surface area contributed by atoms with E-state index in [1.165, 1.54) is 0 Å². The fourth-order valence-corrected chi connectivity index (χ4v) is 3.21. The molecular weight excluding hydrogens is 342 g/mol. The van der Waals surface area contributed by atoms with Gasteiger partial charge in [0.1, 0.15) is 5.01 Å². The normalized spacial score (nSPS) is 10.4. The van der Waals surface area contributed by atoms with Crippen molar-refractivity contribution in [3.63, 3.8) is 0 Å². The molecule has 0 radical (unpaired) electrons. The minimum Gasteiger partial charge on any atom is -0.334 e. The molecule has 2 aromatic carbocycles. The Morgan fingerprint density at radius 3 is 2.79 bits per heavy atom. The Morgan fingerprint density at radius 1 is 1.21 bits per heavy atom. The molecule has 3 rings (SSSR count). The Hall–Kier alpha value is -2.37. The number of nitrogens with one attached hydrogen (secondary N) is 2. The third kappa shape index (κ3) is 4.13. The van der Waals surface area contributed by atoms with Crippen LogP contribution in [0.2, 0.25) is 5.02 Å². The number of amides is 2. The second-order valence-corrected chi connectivity index (χ2v) is 6.54. The van der Waals surface area contributed by atoms with Crippen molar-refractivity contribution >= 4 is 34.7 Å². The Kier molecular flexibility index (Phi) is 5.13. The van der Waals surface area contributed by atoms with Crippen LogP contribution in [-0.2, 0) is 6.54 Å². The van der Waals surface area contributed by atoms with Crippen LogP contribution in [0.25, 0.3) is 10.6 Å². The van der Waals surface area contributed by atoms with Crippen molar-refractivity contribution in [2.75, 3.05) is 5.32 Å². The van der Waals surface area contributed by atoms with Crippen LogP contribution in [0.3, 0.4) is 0 Å². The largest absolute Gasteiger partial charge is 0.334 e. The van der Waals surface area contributed by atoms with Crippen LogP contribution in [-0.4, -0.2) is 11.0 Å². The fourth-order valence-electron chi connectivity index (χ4n) is 2.21. The molecular formula is C18H16ClN3OS. The summed E-state index contributed by atoms with van der Waals surface area (Å²) in [7, 11) is 0. The lowest BCUT2D eigenvalue weighted by Crippen LogP contribution is -2.28. The van der Waals surface area contributed by atoms with Crippen molar-refractivity contribution in [3.8, 4) is 10.6 Å². The Labute approximate surface area is 149 Å². The van der Waals surface area contributed by atoms with Crippen LogP contribution in [0.15, 0.2) is 53.9 Å². The van der Waals surface area contributed by atoms with E-state index in [0.29, 0.717) is 11.6 Å². The van der Waals surface area contributed by atoms with E-state index < -0.39 is 0 Å². The van der Waals surface area contributed by atoms with Gasteiger partial charge in [-0.25, -0.2) is 9.78 Å². The van der Waals surface area contributed by atoms with Crippen LogP contribution in [0.1, 0.15) is 11.3 Å². The Balaban J connectivity index is 1.63. The van der Waals surface area contributed by atoms with Gasteiger partial charge in [0, 0.05) is 33.9 Å². The van der Waals surface area contributed by atoms with E-state index in [1.807, 2.05) is 54.8 Å². The smallest absolute Gasteiger partial charge is 0.319 e. The van der Waals surface area contributed by atoms with E-state index in [1.54, 1.807) is 17.4 Å². The van der Waals surface area contributed by atoms with E-state index in [-0.39, 0.29) is 6.03 Å². The van der Waals surface area contributed by atoms with Crippen molar-refractivity contribution < 1.29 is 4.79 Å². The maximum Gasteiger partial charge on any atom is 0.319 e. The first kappa shape index (κ1) is 16.5. The minimum atomic E-state index is -0.276. The number of halogens is 1. The van der Waals surface area contributed by atoms with Gasteiger partial charge in [-0.05, 0) is 30.7 Å². The molecule has 0 bridgehead atoms. The average molecular weight is 358 g/mol. The zero-order valence-corrected chi connectivity index (χ0v) is 14.6. The summed E-state index contributed by atoms with van der Waals surface area (Å²) in [6, 6.07) is 14.8. The van der Waals surface area contributed by atoms with E-state index in [4.69, 9.17) is 11.6 Å². The van der Waals surface area contributed by atoms with Crippen LogP contribution in [0.4, 0.5) is 10.5 Å². The molecule has 0 saturated heterocycles. The Morgan fingerprint density at radius 2 is 2.04 bits per heavy atom. The van der Waals surface area contributed by atoms with Crippen molar-refractivity contribution in [3.05, 3.63) is 70.2 Å². The molecule has 6 heteroatoms. The van der Waals surface area contributed by atoms with Crippen molar-refractivity contribution in [1.29, 1.82) is 0 Å². The molecule has 2 N–H and O–H groups in total. The molecule has 1 heterocycles. The predicted octanol–water partition coefficient (Wildman–Crippen LogP) is 5.09. The number of rotatable bonds is 4. The quantitative estimate of drug-likeness (QED) is 0.683. The minimum absolute atomic E-state index is 0.276. The average Bonchev–Trinajstić information content (AvgIpc) is 3.01. The van der Waals surface area contributed by atoms with Crippen molar-refractivity contribution in [2.24, 2.45) is 0 Å². The molecule has 1 aromatic heterocycles. The van der Waals surface area contributed by atoms with E-state index in [2.05, 4.69) is 15.6 Å². The summed E-state index contributed by atoms with van der Waals surface area (Å²) in [4.78, 5) is 16.5. The fraction of sp³-hybridized carbons (Fsp3) is 0.111. The molecule has 3 aromatic rings. The molecule has 4 nitrogen and oxygen atoms in total. The highest BCUT2D eigenvalue weighted by molar-refractivity contribution is 7.13. The molecule has 0 unspecified atom stereocenters. The highest BCUT2D eigenvalue weighted by atomic mass is 35.5. The molecule has 2 amide bonds. The van der Waals surface area contributed by atoms with Gasteiger partial charge in [-0.1, -0.05) is 41.9 Å². The third-order valence-electron chi connectivity index (χ3n) is 3.38. The monoisotopic (exact) mass is 357 g/mol. The lowest BCUT2D eigenvalue weighted by atomic mass is 10.2. The molecule has 0 aliphatic heterocycles. The van der Waals surface area contributed by atoms with Gasteiger partial charge in [0.25, 0.3) is 0 Å². The topological polar surface area (TPSA) is 54.0 Å². The van der Waals surface area contributed by atoms with Crippen molar-refractivity contribution in [1.82, 2.24) is 10.3 Å². The first-order valence-corrected chi connectivity index (χ1v) is 8.68. The molecule has 0 aliphatic carbocycles. The van der Waals surface area contributed by atoms with Crippen LogP contribution < -0.4 is 10.6 Å². The van der Waals surface area contributed by atoms with E-state index in [9.17, 15) is 4.79 Å². The van der Waals surface area contributed by atoms with Gasteiger partial charge in [-0.2, -0.15) is 0 Å². The van der Waals surface area contributed by atoms with Gasteiger partial charge < -0.3 is 10.6 Å². The first-order valence-electron chi connectivity index (χ1n) is 7.42. The lowest BCUT2D eigenvalue weighted by Gasteiger charge is -2.09. The lowest BCUT2D eigenvalue weighted by molar-refractivity contribution is 0.252. The molecule has 0 atom stereocenters. The molecule has 0 spiro atoms. The summed E-state index contributed by atoms with van der Waals surface area (Å²) in [5.41, 5.74) is 3.57. The van der Waals surface area contributed by atoms with Gasteiger partial charge >= 0.3 is 6.03 Å². The van der Waals surface area contributed by atoms with E-state index >= 15 is 0 Å². The second kappa shape index (κ2) is 7.47. The summed E-state index contributed by atoms with van der Waals surface area (Å²) in [6.07, 6.45) is 0. The predicted molar refractivity (Wildman–Crippen MR) is 99.6 cm³/mol. The van der Waals surface area contributed by atoms with Gasteiger partial charge in [-0.15, -0.1) is 11.3 Å². The number of hydrogen-bond donors (Lipinski definition) is 2. The summed E-state index contributed by atoms with van der Waals surface area (Å²) >= 11 is 7.67. The summed E-state index contributed by atoms with van der Waals surface area (Å²) in [5.74, 6) is 0. The van der Waals surface area contributed by atoms with Gasteiger partial charge in [0.2, 0.25) is 0 Å². The van der Waals surface area contributed by atoms with Crippen LogP contribution in [0.5, 0.6) is 0 Å². The number of carbonyl (C=O) groups excluding carboxylic acids is 1. The van der Waals surface area contributed by atoms with Crippen molar-refractivity contribution in [2.45, 2.75) is 13.5 Å². The SMILES string of the molecule is Cc1csc(-c2cccc(NC(=O)NCc3ccccc3Cl)c2)n1. The number of nitrogens with zero attached hydrogens (tertiary/aromatic N) is 1. The van der Waals surface area contributed by atoms with Crippen LogP contribution >= 0.6 is 22.9 Å². The molecule has 122 valence electrons. The first-order chi connectivity index (χ1) is 11.6. The maximum atomic E-state index is 12.1. The molecule has 0 fully saturated rings. The van der Waals surface area contributed by atoms with Gasteiger partial charge in [0.05, 0.1) is 0 Å². The van der Waals surface area contributed by atoms with Gasteiger partial charge in [-0.3, -0.25) is 0 Å². The highest BCUT2D eigenvalue weighted by Crippen LogP contribution is 2.25. The third-order valence-corrected chi connectivity index (χ3v) is 4.76. The summed E-state index contributed by atoms with van der Waals surface area (Å²) < 4.78 is 0. The number of aromatic nitrogens is 1. The Bertz CT molecular complexity index is 863. The second-order valence-electron chi connectivity index (χ2n) is 5.27. The van der Waals surface area contributed by atoms with Crippen LogP contribution in [0, 0.1) is 6.92 Å². The summed E-state index contributed by atoms with van der Waals surface area (Å²) in [5, 5.41) is 9.22.